The number of rotatable bonds is 8. The molecule has 0 bridgehead atoms. The topological polar surface area (TPSA) is 195 Å². The van der Waals surface area contributed by atoms with Crippen LogP contribution in [0.2, 0.25) is 0 Å². The van der Waals surface area contributed by atoms with E-state index in [1.165, 1.54) is 18.2 Å². The first-order valence-corrected chi connectivity index (χ1v) is 13.6. The number of aliphatic carboxylic acids is 1. The van der Waals surface area contributed by atoms with Crippen LogP contribution in [-0.4, -0.2) is 50.1 Å². The Labute approximate surface area is 216 Å². The number of anilines is 2. The van der Waals surface area contributed by atoms with Crippen LogP contribution in [0.4, 0.5) is 17.1 Å². The van der Waals surface area contributed by atoms with Gasteiger partial charge in [-0.3, -0.25) is 14.1 Å². The molecule has 196 valence electrons. The van der Waals surface area contributed by atoms with Crippen molar-refractivity contribution in [1.82, 2.24) is 0 Å². The lowest BCUT2D eigenvalue weighted by Gasteiger charge is -2.12. The minimum Gasteiger partial charge on any atom is -0.477 e. The van der Waals surface area contributed by atoms with E-state index in [-0.39, 0.29) is 16.3 Å². The van der Waals surface area contributed by atoms with E-state index in [0.717, 1.165) is 29.3 Å². The molecule has 1 amide bonds. The third kappa shape index (κ3) is 5.59. The van der Waals surface area contributed by atoms with E-state index in [9.17, 15) is 31.5 Å². The molecular weight excluding hydrogens is 538 g/mol. The summed E-state index contributed by atoms with van der Waals surface area (Å²) in [6.07, 6.45) is 0. The van der Waals surface area contributed by atoms with Gasteiger partial charge in [0.05, 0.1) is 21.2 Å². The highest BCUT2D eigenvalue weighted by Crippen LogP contribution is 2.27. The van der Waals surface area contributed by atoms with Gasteiger partial charge in [0.2, 0.25) is 6.04 Å². The molecule has 0 fully saturated rings. The number of benzene rings is 3. The van der Waals surface area contributed by atoms with Crippen LogP contribution in [0.3, 0.4) is 0 Å². The lowest BCUT2D eigenvalue weighted by molar-refractivity contribution is -0.130. The first kappa shape index (κ1) is 26.6. The van der Waals surface area contributed by atoms with Gasteiger partial charge < -0.3 is 5.11 Å². The van der Waals surface area contributed by atoms with E-state index in [1.54, 1.807) is 37.3 Å². The van der Waals surface area contributed by atoms with E-state index < -0.39 is 48.7 Å². The summed E-state index contributed by atoms with van der Waals surface area (Å²) in [6, 6.07) is 15.1. The number of carboxylic acids is 1. The van der Waals surface area contributed by atoms with Gasteiger partial charge in [-0.05, 0) is 61.0 Å². The third-order valence-corrected chi connectivity index (χ3v) is 7.67. The summed E-state index contributed by atoms with van der Waals surface area (Å²) in [7, 11) is -8.48. The van der Waals surface area contributed by atoms with Crippen molar-refractivity contribution >= 4 is 54.8 Å². The van der Waals surface area contributed by atoms with Gasteiger partial charge in [0.25, 0.3) is 26.0 Å². The molecule has 0 aromatic heterocycles. The molecule has 3 aromatic rings. The zero-order valence-corrected chi connectivity index (χ0v) is 21.1. The predicted molar refractivity (Wildman–Crippen MR) is 136 cm³/mol. The van der Waals surface area contributed by atoms with Crippen LogP contribution in [0, 0.1) is 6.92 Å². The van der Waals surface area contributed by atoms with Crippen molar-refractivity contribution in [3.63, 3.8) is 0 Å². The van der Waals surface area contributed by atoms with Crippen molar-refractivity contribution in [2.45, 2.75) is 22.8 Å². The molecule has 13 nitrogen and oxygen atoms in total. The van der Waals surface area contributed by atoms with Crippen molar-refractivity contribution in [2.24, 2.45) is 15.3 Å². The first-order chi connectivity index (χ1) is 17.9. The van der Waals surface area contributed by atoms with Crippen LogP contribution in [0.1, 0.15) is 5.56 Å². The lowest BCUT2D eigenvalue weighted by Crippen LogP contribution is -2.33. The van der Waals surface area contributed by atoms with Gasteiger partial charge in [0.1, 0.15) is 0 Å². The van der Waals surface area contributed by atoms with Crippen molar-refractivity contribution in [1.29, 1.82) is 0 Å². The molecule has 0 radical (unpaired) electrons. The van der Waals surface area contributed by atoms with Crippen LogP contribution >= 0.6 is 0 Å². The maximum Gasteiger partial charge on any atom is 0.355 e. The Hall–Kier alpha value is -4.47. The molecule has 38 heavy (non-hydrogen) atoms. The number of amides is 1. The smallest absolute Gasteiger partial charge is 0.355 e. The SMILES string of the molecule is Cc1ccc(N=NC2C(=O)N(c3ccc(S(=O)(=O)O)cc3)N=C2C(=O)O)cc1S(=O)(=O)Nc1ccccc1. The second kappa shape index (κ2) is 10.1. The summed E-state index contributed by atoms with van der Waals surface area (Å²) < 4.78 is 59.9. The summed E-state index contributed by atoms with van der Waals surface area (Å²) in [5.74, 6) is -2.44. The number of hydrazone groups is 1. The van der Waals surface area contributed by atoms with Crippen molar-refractivity contribution in [3.8, 4) is 0 Å². The maximum absolute atomic E-state index is 12.9. The fraction of sp³-hybridized carbons (Fsp3) is 0.0870. The quantitative estimate of drug-likeness (QED) is 0.277. The number of carbonyl (C=O) groups excluding carboxylic acids is 1. The van der Waals surface area contributed by atoms with Crippen molar-refractivity contribution < 1.29 is 36.1 Å². The number of para-hydroxylation sites is 1. The highest BCUT2D eigenvalue weighted by molar-refractivity contribution is 7.92. The number of hydrogen-bond acceptors (Lipinski definition) is 9. The normalized spacial score (nSPS) is 16.1. The Morgan fingerprint density at radius 2 is 1.66 bits per heavy atom. The molecule has 1 aliphatic rings. The van der Waals surface area contributed by atoms with E-state index in [2.05, 4.69) is 20.1 Å². The predicted octanol–water partition coefficient (Wildman–Crippen LogP) is 2.98. The van der Waals surface area contributed by atoms with Gasteiger partial charge in [0.15, 0.2) is 5.71 Å². The van der Waals surface area contributed by atoms with Crippen LogP contribution in [0.15, 0.2) is 97.9 Å². The summed E-state index contributed by atoms with van der Waals surface area (Å²) >= 11 is 0. The molecule has 15 heteroatoms. The second-order valence-corrected chi connectivity index (χ2v) is 11.0. The van der Waals surface area contributed by atoms with Gasteiger partial charge in [0, 0.05) is 5.69 Å². The number of sulfonamides is 1. The highest BCUT2D eigenvalue weighted by atomic mass is 32.2. The summed E-state index contributed by atoms with van der Waals surface area (Å²) in [4.78, 5) is 24.1. The summed E-state index contributed by atoms with van der Waals surface area (Å²) in [6.45, 7) is 1.58. The number of nitrogens with one attached hydrogen (secondary N) is 1. The summed E-state index contributed by atoms with van der Waals surface area (Å²) in [5, 5.41) is 21.7. The average molecular weight is 558 g/mol. The van der Waals surface area contributed by atoms with Gasteiger partial charge in [-0.15, -0.1) is 0 Å². The van der Waals surface area contributed by atoms with Gasteiger partial charge in [-0.25, -0.2) is 13.2 Å². The Morgan fingerprint density at radius 1 is 1.00 bits per heavy atom. The molecule has 0 saturated heterocycles. The monoisotopic (exact) mass is 557 g/mol. The van der Waals surface area contributed by atoms with Crippen LogP contribution in [0.25, 0.3) is 0 Å². The van der Waals surface area contributed by atoms with Crippen LogP contribution < -0.4 is 9.73 Å². The van der Waals surface area contributed by atoms with Gasteiger partial charge in [-0.1, -0.05) is 24.3 Å². The Morgan fingerprint density at radius 3 is 2.26 bits per heavy atom. The number of aryl methyl sites for hydroxylation is 1. The zero-order valence-electron chi connectivity index (χ0n) is 19.5. The highest BCUT2D eigenvalue weighted by Gasteiger charge is 2.41. The van der Waals surface area contributed by atoms with Crippen molar-refractivity contribution in [3.05, 3.63) is 78.4 Å². The number of carbonyl (C=O) groups is 2. The molecule has 0 spiro atoms. The minimum atomic E-state index is -4.48. The number of nitrogens with zero attached hydrogens (tertiary/aromatic N) is 4. The largest absolute Gasteiger partial charge is 0.477 e. The molecule has 0 saturated carbocycles. The fourth-order valence-corrected chi connectivity index (χ4v) is 5.24. The fourth-order valence-electron chi connectivity index (χ4n) is 3.43. The third-order valence-electron chi connectivity index (χ3n) is 5.28. The van der Waals surface area contributed by atoms with Crippen LogP contribution in [0.5, 0.6) is 0 Å². The standard InChI is InChI=1S/C23H19N5O8S2/c1-14-7-8-16(13-19(14)37(32,33)27-15-5-3-2-4-6-15)24-25-20-21(23(30)31)26-28(22(20)29)17-9-11-18(12-10-17)38(34,35)36/h2-13,20,27H,1H3,(H,30,31)(H,34,35,36). The summed E-state index contributed by atoms with van der Waals surface area (Å²) in [5.41, 5.74) is 0.175. The molecule has 3 aromatic carbocycles. The van der Waals surface area contributed by atoms with E-state index in [1.807, 2.05) is 0 Å². The van der Waals surface area contributed by atoms with Crippen molar-refractivity contribution in [2.75, 3.05) is 9.73 Å². The Kier molecular flexibility index (Phi) is 7.08. The molecule has 1 aliphatic heterocycles. The van der Waals surface area contributed by atoms with Gasteiger partial charge >= 0.3 is 5.97 Å². The van der Waals surface area contributed by atoms with E-state index in [0.29, 0.717) is 11.3 Å². The average Bonchev–Trinajstić information content (AvgIpc) is 3.19. The second-order valence-electron chi connectivity index (χ2n) is 7.95. The lowest BCUT2D eigenvalue weighted by atomic mass is 10.2. The molecule has 1 atom stereocenters. The molecule has 4 rings (SSSR count). The molecule has 0 aliphatic carbocycles. The van der Waals surface area contributed by atoms with Crippen LogP contribution in [-0.2, 0) is 29.7 Å². The first-order valence-electron chi connectivity index (χ1n) is 10.7. The Bertz CT molecular complexity index is 1690. The molecule has 1 heterocycles. The zero-order chi connectivity index (χ0) is 27.7. The van der Waals surface area contributed by atoms with E-state index >= 15 is 0 Å². The molecule has 1 unspecified atom stereocenters. The van der Waals surface area contributed by atoms with E-state index in [4.69, 9.17) is 4.55 Å². The number of carboxylic acid groups (broad SMARTS) is 1. The molecule has 3 N–H and O–H groups in total. The minimum absolute atomic E-state index is 0.0227. The Balaban J connectivity index is 1.61. The number of azo groups is 1. The van der Waals surface area contributed by atoms with Gasteiger partial charge in [-0.2, -0.15) is 28.8 Å². The number of hydrogen-bond donors (Lipinski definition) is 3. The maximum atomic E-state index is 12.9. The molecular formula is C23H19N5O8S2.